The second-order valence-corrected chi connectivity index (χ2v) is 8.38. The number of aryl methyl sites for hydroxylation is 2. The monoisotopic (exact) mass is 417 g/mol. The van der Waals surface area contributed by atoms with Crippen LogP contribution < -0.4 is 5.32 Å². The number of nitrogens with one attached hydrogen (secondary N) is 2. The molecule has 0 unspecified atom stereocenters. The number of amides is 1. The summed E-state index contributed by atoms with van der Waals surface area (Å²) in [7, 11) is 0. The topological polar surface area (TPSA) is 64.3 Å². The molecule has 6 heteroatoms. The zero-order valence-electron chi connectivity index (χ0n) is 18.4. The fraction of sp³-hybridized carbons (Fsp3) is 0.360. The summed E-state index contributed by atoms with van der Waals surface area (Å²) in [6, 6.07) is 16.2. The van der Waals surface area contributed by atoms with Crippen LogP contribution in [0.3, 0.4) is 0 Å². The highest BCUT2D eigenvalue weighted by Gasteiger charge is 2.18. The van der Waals surface area contributed by atoms with Crippen molar-refractivity contribution in [3.8, 4) is 11.4 Å². The van der Waals surface area contributed by atoms with E-state index in [4.69, 9.17) is 0 Å². The summed E-state index contributed by atoms with van der Waals surface area (Å²) in [5.74, 6) is 0.966. The van der Waals surface area contributed by atoms with Gasteiger partial charge in [-0.25, -0.2) is 4.98 Å². The van der Waals surface area contributed by atoms with Crippen LogP contribution in [0.2, 0.25) is 0 Å². The van der Waals surface area contributed by atoms with Crippen molar-refractivity contribution >= 4 is 11.6 Å². The molecule has 0 radical (unpaired) electrons. The predicted molar refractivity (Wildman–Crippen MR) is 125 cm³/mol. The zero-order valence-corrected chi connectivity index (χ0v) is 18.4. The van der Waals surface area contributed by atoms with Gasteiger partial charge in [0.05, 0.1) is 6.54 Å². The van der Waals surface area contributed by atoms with Gasteiger partial charge in [-0.05, 0) is 56.6 Å². The average molecular weight is 418 g/mol. The Morgan fingerprint density at radius 3 is 2.58 bits per heavy atom. The number of rotatable bonds is 6. The smallest absolute Gasteiger partial charge is 0.238 e. The first-order valence-corrected chi connectivity index (χ1v) is 11.0. The number of benzene rings is 2. The quantitative estimate of drug-likeness (QED) is 0.640. The van der Waals surface area contributed by atoms with Crippen molar-refractivity contribution < 1.29 is 4.79 Å². The van der Waals surface area contributed by atoms with Gasteiger partial charge in [-0.2, -0.15) is 0 Å². The van der Waals surface area contributed by atoms with Gasteiger partial charge in [-0.1, -0.05) is 36.4 Å². The second kappa shape index (κ2) is 9.90. The van der Waals surface area contributed by atoms with E-state index >= 15 is 0 Å². The highest BCUT2D eigenvalue weighted by Crippen LogP contribution is 2.17. The van der Waals surface area contributed by atoms with Crippen LogP contribution in [0, 0.1) is 13.8 Å². The van der Waals surface area contributed by atoms with Gasteiger partial charge >= 0.3 is 0 Å². The lowest BCUT2D eigenvalue weighted by atomic mass is 10.1. The molecule has 2 heterocycles. The van der Waals surface area contributed by atoms with Crippen LogP contribution in [-0.4, -0.2) is 58.4 Å². The lowest BCUT2D eigenvalue weighted by molar-refractivity contribution is -0.117. The maximum atomic E-state index is 12.5. The maximum absolute atomic E-state index is 12.5. The maximum Gasteiger partial charge on any atom is 0.238 e. The molecule has 1 amide bonds. The summed E-state index contributed by atoms with van der Waals surface area (Å²) in [6.07, 6.45) is 2.98. The number of aromatic amines is 1. The molecule has 1 saturated heterocycles. The number of H-pyrrole nitrogens is 1. The molecule has 0 spiro atoms. The highest BCUT2D eigenvalue weighted by atomic mass is 16.2. The molecular weight excluding hydrogens is 386 g/mol. The largest absolute Gasteiger partial charge is 0.341 e. The van der Waals surface area contributed by atoms with Gasteiger partial charge in [0, 0.05) is 42.8 Å². The van der Waals surface area contributed by atoms with Gasteiger partial charge in [0.25, 0.3) is 0 Å². The summed E-state index contributed by atoms with van der Waals surface area (Å²) >= 11 is 0. The first-order chi connectivity index (χ1) is 15.1. The Bertz CT molecular complexity index is 1010. The van der Waals surface area contributed by atoms with Crippen LogP contribution in [0.1, 0.15) is 23.2 Å². The third kappa shape index (κ3) is 5.81. The number of carbonyl (C=O) groups is 1. The molecule has 0 saturated carbocycles. The number of aromatic nitrogens is 2. The Balaban J connectivity index is 1.27. The summed E-state index contributed by atoms with van der Waals surface area (Å²) in [6.45, 7) is 9.22. The van der Waals surface area contributed by atoms with Crippen LogP contribution in [0.4, 0.5) is 5.69 Å². The summed E-state index contributed by atoms with van der Waals surface area (Å²) in [4.78, 5) is 25.2. The molecule has 1 aromatic heterocycles. The van der Waals surface area contributed by atoms with Crippen molar-refractivity contribution in [1.82, 2.24) is 19.8 Å². The van der Waals surface area contributed by atoms with E-state index < -0.39 is 0 Å². The predicted octanol–water partition coefficient (Wildman–Crippen LogP) is 3.84. The number of nitrogens with zero attached hydrogens (tertiary/aromatic N) is 3. The molecule has 1 fully saturated rings. The van der Waals surface area contributed by atoms with Crippen molar-refractivity contribution in [2.24, 2.45) is 0 Å². The molecule has 2 N–H and O–H groups in total. The Labute approximate surface area is 184 Å². The third-order valence-electron chi connectivity index (χ3n) is 5.91. The number of anilines is 1. The molecule has 0 aliphatic carbocycles. The number of carbonyl (C=O) groups excluding carboxylic acids is 1. The molecular formula is C25H31N5O. The molecule has 1 aliphatic heterocycles. The van der Waals surface area contributed by atoms with E-state index in [-0.39, 0.29) is 5.91 Å². The van der Waals surface area contributed by atoms with Crippen LogP contribution >= 0.6 is 0 Å². The van der Waals surface area contributed by atoms with Gasteiger partial charge in [0.2, 0.25) is 5.91 Å². The molecule has 162 valence electrons. The SMILES string of the molecule is Cc1ccc(NC(=O)CN2CCCN(Cc3cnc(-c4ccccc4)[nH]3)CC2)cc1C. The minimum absolute atomic E-state index is 0.0535. The van der Waals surface area contributed by atoms with Crippen molar-refractivity contribution in [2.45, 2.75) is 26.8 Å². The van der Waals surface area contributed by atoms with Crippen molar-refractivity contribution in [3.05, 3.63) is 71.5 Å². The Hall–Kier alpha value is -2.96. The van der Waals surface area contributed by atoms with Crippen molar-refractivity contribution in [2.75, 3.05) is 38.0 Å². The fourth-order valence-electron chi connectivity index (χ4n) is 3.99. The van der Waals surface area contributed by atoms with E-state index in [0.29, 0.717) is 6.54 Å². The Morgan fingerprint density at radius 1 is 1.00 bits per heavy atom. The van der Waals surface area contributed by atoms with E-state index in [1.165, 1.54) is 11.1 Å². The van der Waals surface area contributed by atoms with E-state index in [2.05, 4.69) is 51.1 Å². The molecule has 0 bridgehead atoms. The van der Waals surface area contributed by atoms with Crippen LogP contribution in [0.15, 0.2) is 54.7 Å². The average Bonchev–Trinajstić information content (AvgIpc) is 3.12. The van der Waals surface area contributed by atoms with E-state index in [0.717, 1.165) is 61.9 Å². The van der Waals surface area contributed by atoms with E-state index in [1.54, 1.807) is 0 Å². The zero-order chi connectivity index (χ0) is 21.6. The lowest BCUT2D eigenvalue weighted by Gasteiger charge is -2.21. The number of hydrogen-bond donors (Lipinski definition) is 2. The molecule has 1 aliphatic rings. The summed E-state index contributed by atoms with van der Waals surface area (Å²) < 4.78 is 0. The molecule has 2 aromatic carbocycles. The third-order valence-corrected chi connectivity index (χ3v) is 5.91. The fourth-order valence-corrected chi connectivity index (χ4v) is 3.99. The summed E-state index contributed by atoms with van der Waals surface area (Å²) in [5, 5.41) is 3.04. The van der Waals surface area contributed by atoms with Gasteiger partial charge < -0.3 is 10.3 Å². The van der Waals surface area contributed by atoms with Crippen LogP contribution in [0.25, 0.3) is 11.4 Å². The molecule has 0 atom stereocenters. The number of hydrogen-bond acceptors (Lipinski definition) is 4. The highest BCUT2D eigenvalue weighted by molar-refractivity contribution is 5.92. The molecule has 3 aromatic rings. The van der Waals surface area contributed by atoms with Gasteiger partial charge in [-0.15, -0.1) is 0 Å². The number of imidazole rings is 1. The standard InChI is InChI=1S/C25H31N5O/c1-19-9-10-22(15-20(19)2)27-24(31)18-30-12-6-11-29(13-14-30)17-23-16-26-25(28-23)21-7-4-3-5-8-21/h3-5,7-10,15-16H,6,11-14,17-18H2,1-2H3,(H,26,28)(H,27,31). The van der Waals surface area contributed by atoms with Crippen LogP contribution in [0.5, 0.6) is 0 Å². The lowest BCUT2D eigenvalue weighted by Crippen LogP contribution is -2.36. The first kappa shape index (κ1) is 21.3. The van der Waals surface area contributed by atoms with Crippen molar-refractivity contribution in [1.29, 1.82) is 0 Å². The summed E-state index contributed by atoms with van der Waals surface area (Å²) in [5.41, 5.74) is 5.53. The van der Waals surface area contributed by atoms with Crippen molar-refractivity contribution in [3.63, 3.8) is 0 Å². The normalized spacial score (nSPS) is 15.5. The molecule has 6 nitrogen and oxygen atoms in total. The minimum atomic E-state index is 0.0535. The molecule has 4 rings (SSSR count). The second-order valence-electron chi connectivity index (χ2n) is 8.38. The van der Waals surface area contributed by atoms with Gasteiger partial charge in [-0.3, -0.25) is 14.6 Å². The van der Waals surface area contributed by atoms with Gasteiger partial charge in [0.1, 0.15) is 5.82 Å². The minimum Gasteiger partial charge on any atom is -0.341 e. The van der Waals surface area contributed by atoms with E-state index in [9.17, 15) is 4.79 Å². The molecule has 31 heavy (non-hydrogen) atoms. The first-order valence-electron chi connectivity index (χ1n) is 11.0. The Kier molecular flexibility index (Phi) is 6.79. The van der Waals surface area contributed by atoms with E-state index in [1.807, 2.05) is 42.6 Å². The van der Waals surface area contributed by atoms with Gasteiger partial charge in [0.15, 0.2) is 0 Å². The van der Waals surface area contributed by atoms with Crippen LogP contribution in [-0.2, 0) is 11.3 Å². The Morgan fingerprint density at radius 2 is 1.77 bits per heavy atom.